The Labute approximate surface area is 137 Å². The molecule has 1 amide bonds. The Balaban J connectivity index is 1.46. The second-order valence-corrected chi connectivity index (χ2v) is 6.08. The first-order valence-electron chi connectivity index (χ1n) is 7.95. The predicted octanol–water partition coefficient (Wildman–Crippen LogP) is 0.108. The fourth-order valence-corrected chi connectivity index (χ4v) is 3.24. The first-order chi connectivity index (χ1) is 11.6. The minimum absolute atomic E-state index is 0.0297. The van der Waals surface area contributed by atoms with Crippen molar-refractivity contribution in [1.82, 2.24) is 29.3 Å². The summed E-state index contributed by atoms with van der Waals surface area (Å²) < 4.78 is 4.71. The van der Waals surface area contributed by atoms with Gasteiger partial charge in [-0.3, -0.25) is 9.36 Å². The molecule has 0 bridgehead atoms. The van der Waals surface area contributed by atoms with Crippen LogP contribution in [0.15, 0.2) is 35.4 Å². The zero-order chi connectivity index (χ0) is 16.7. The summed E-state index contributed by atoms with van der Waals surface area (Å²) in [6, 6.07) is 5.80. The average molecular weight is 326 g/mol. The van der Waals surface area contributed by atoms with E-state index in [0.29, 0.717) is 25.9 Å². The number of nitrogens with one attached hydrogen (secondary N) is 1. The Hall–Kier alpha value is -2.90. The largest absolute Gasteiger partial charge is 0.352 e. The van der Waals surface area contributed by atoms with Crippen LogP contribution >= 0.6 is 0 Å². The molecule has 1 atom stereocenters. The minimum Gasteiger partial charge on any atom is -0.352 e. The lowest BCUT2D eigenvalue weighted by atomic mass is 9.98. The van der Waals surface area contributed by atoms with Crippen LogP contribution in [0.25, 0.3) is 5.52 Å². The van der Waals surface area contributed by atoms with Gasteiger partial charge in [0, 0.05) is 39.0 Å². The summed E-state index contributed by atoms with van der Waals surface area (Å²) in [4.78, 5) is 24.5. The second kappa shape index (κ2) is 5.63. The van der Waals surface area contributed by atoms with Gasteiger partial charge >= 0.3 is 5.69 Å². The van der Waals surface area contributed by atoms with Gasteiger partial charge in [-0.15, -0.1) is 0 Å². The molecular formula is C16H18N6O2. The van der Waals surface area contributed by atoms with Crippen molar-refractivity contribution >= 4 is 11.4 Å². The Morgan fingerprint density at radius 1 is 1.42 bits per heavy atom. The Morgan fingerprint density at radius 3 is 3.17 bits per heavy atom. The second-order valence-electron chi connectivity index (χ2n) is 6.08. The van der Waals surface area contributed by atoms with E-state index in [2.05, 4.69) is 15.5 Å². The van der Waals surface area contributed by atoms with Crippen molar-refractivity contribution < 1.29 is 4.79 Å². The molecule has 3 aromatic rings. The number of carbonyl (C=O) groups is 1. The number of hydrogen-bond acceptors (Lipinski definition) is 4. The van der Waals surface area contributed by atoms with Gasteiger partial charge in [0.2, 0.25) is 5.91 Å². The van der Waals surface area contributed by atoms with Crippen LogP contribution in [0.2, 0.25) is 0 Å². The van der Waals surface area contributed by atoms with Gasteiger partial charge in [0.25, 0.3) is 0 Å². The quantitative estimate of drug-likeness (QED) is 0.740. The first-order valence-corrected chi connectivity index (χ1v) is 7.95. The molecule has 0 fully saturated rings. The molecular weight excluding hydrogens is 308 g/mol. The third kappa shape index (κ3) is 2.40. The minimum atomic E-state index is -0.205. The van der Waals surface area contributed by atoms with E-state index in [0.717, 1.165) is 16.9 Å². The van der Waals surface area contributed by atoms with Crippen molar-refractivity contribution in [3.05, 3.63) is 52.5 Å². The lowest BCUT2D eigenvalue weighted by Crippen LogP contribution is -2.38. The molecule has 0 saturated heterocycles. The molecule has 1 N–H and O–H groups in total. The van der Waals surface area contributed by atoms with Gasteiger partial charge in [-0.1, -0.05) is 6.07 Å². The number of amides is 1. The number of aromatic nitrogens is 5. The lowest BCUT2D eigenvalue weighted by Gasteiger charge is -2.21. The molecule has 8 heteroatoms. The Bertz CT molecular complexity index is 967. The number of aryl methyl sites for hydroxylation is 2. The number of hydrogen-bond donors (Lipinski definition) is 1. The van der Waals surface area contributed by atoms with E-state index >= 15 is 0 Å². The summed E-state index contributed by atoms with van der Waals surface area (Å²) in [5.41, 5.74) is 1.83. The summed E-state index contributed by atoms with van der Waals surface area (Å²) in [6.45, 7) is 0.838. The van der Waals surface area contributed by atoms with Crippen LogP contribution in [-0.2, 0) is 31.4 Å². The highest BCUT2D eigenvalue weighted by atomic mass is 16.2. The van der Waals surface area contributed by atoms with Crippen LogP contribution in [0.1, 0.15) is 17.8 Å². The zero-order valence-electron chi connectivity index (χ0n) is 13.3. The summed E-state index contributed by atoms with van der Waals surface area (Å²) in [5, 5.41) is 11.4. The van der Waals surface area contributed by atoms with Gasteiger partial charge in [-0.2, -0.15) is 10.2 Å². The van der Waals surface area contributed by atoms with Gasteiger partial charge in [-0.05, 0) is 24.1 Å². The monoisotopic (exact) mass is 326 g/mol. The highest BCUT2D eigenvalue weighted by Gasteiger charge is 2.27. The normalized spacial score (nSPS) is 17.0. The van der Waals surface area contributed by atoms with E-state index in [1.165, 1.54) is 4.68 Å². The van der Waals surface area contributed by atoms with Crippen molar-refractivity contribution in [2.24, 2.45) is 13.0 Å². The third-order valence-corrected chi connectivity index (χ3v) is 4.55. The maximum atomic E-state index is 12.5. The molecule has 8 nitrogen and oxygen atoms in total. The SMILES string of the molecule is Cn1nc2n(c1=O)CC(C(=O)NCc1cccn3nccc13)CC2. The molecule has 124 valence electrons. The van der Waals surface area contributed by atoms with Gasteiger partial charge < -0.3 is 5.32 Å². The summed E-state index contributed by atoms with van der Waals surface area (Å²) in [5.74, 6) is 0.526. The fraction of sp³-hybridized carbons (Fsp3) is 0.375. The Morgan fingerprint density at radius 2 is 2.29 bits per heavy atom. The van der Waals surface area contributed by atoms with Crippen LogP contribution in [0.5, 0.6) is 0 Å². The first kappa shape index (κ1) is 14.7. The smallest absolute Gasteiger partial charge is 0.345 e. The van der Waals surface area contributed by atoms with Crippen molar-refractivity contribution in [3.8, 4) is 0 Å². The predicted molar refractivity (Wildman–Crippen MR) is 86.3 cm³/mol. The van der Waals surface area contributed by atoms with E-state index in [4.69, 9.17) is 0 Å². The Kier molecular flexibility index (Phi) is 3.44. The van der Waals surface area contributed by atoms with Gasteiger partial charge in [0.05, 0.1) is 11.4 Å². The molecule has 0 aromatic carbocycles. The van der Waals surface area contributed by atoms with Crippen molar-refractivity contribution in [2.45, 2.75) is 25.9 Å². The molecule has 0 spiro atoms. The molecule has 4 rings (SSSR count). The van der Waals surface area contributed by atoms with Crippen LogP contribution < -0.4 is 11.0 Å². The standard InChI is InChI=1S/C16H18N6O2/c1-20-16(24)21-10-12(4-5-14(21)19-20)15(23)17-9-11-3-2-8-22-13(11)6-7-18-22/h2-3,6-8,12H,4-5,9-10H2,1H3,(H,17,23). The molecule has 1 unspecified atom stereocenters. The maximum absolute atomic E-state index is 12.5. The number of carbonyl (C=O) groups excluding carboxylic acids is 1. The molecule has 4 heterocycles. The molecule has 3 aromatic heterocycles. The van der Waals surface area contributed by atoms with Crippen LogP contribution in [0.4, 0.5) is 0 Å². The lowest BCUT2D eigenvalue weighted by molar-refractivity contribution is -0.126. The number of nitrogens with zero attached hydrogens (tertiary/aromatic N) is 5. The van der Waals surface area contributed by atoms with E-state index in [1.807, 2.05) is 24.4 Å². The van der Waals surface area contributed by atoms with Crippen LogP contribution in [-0.4, -0.2) is 29.9 Å². The van der Waals surface area contributed by atoms with Crippen LogP contribution in [0.3, 0.4) is 0 Å². The van der Waals surface area contributed by atoms with E-state index < -0.39 is 0 Å². The topological polar surface area (TPSA) is 86.2 Å². The average Bonchev–Trinajstić information content (AvgIpc) is 3.18. The fourth-order valence-electron chi connectivity index (χ4n) is 3.24. The molecule has 1 aliphatic rings. The maximum Gasteiger partial charge on any atom is 0.345 e. The molecule has 0 radical (unpaired) electrons. The molecule has 0 saturated carbocycles. The number of pyridine rings is 1. The van der Waals surface area contributed by atoms with E-state index in [-0.39, 0.29) is 17.5 Å². The summed E-state index contributed by atoms with van der Waals surface area (Å²) in [7, 11) is 1.63. The van der Waals surface area contributed by atoms with E-state index in [9.17, 15) is 9.59 Å². The van der Waals surface area contributed by atoms with Gasteiger partial charge in [0.1, 0.15) is 5.82 Å². The highest BCUT2D eigenvalue weighted by Crippen LogP contribution is 2.17. The van der Waals surface area contributed by atoms with E-state index in [1.54, 1.807) is 22.3 Å². The number of fused-ring (bicyclic) bond motifs is 2. The third-order valence-electron chi connectivity index (χ3n) is 4.55. The molecule has 0 aliphatic carbocycles. The molecule has 1 aliphatic heterocycles. The van der Waals surface area contributed by atoms with Gasteiger partial charge in [0.15, 0.2) is 0 Å². The van der Waals surface area contributed by atoms with Gasteiger partial charge in [-0.25, -0.2) is 14.0 Å². The highest BCUT2D eigenvalue weighted by molar-refractivity contribution is 5.79. The van der Waals surface area contributed by atoms with Crippen molar-refractivity contribution in [1.29, 1.82) is 0 Å². The van der Waals surface area contributed by atoms with Crippen molar-refractivity contribution in [2.75, 3.05) is 0 Å². The molecule has 24 heavy (non-hydrogen) atoms. The summed E-state index contributed by atoms with van der Waals surface area (Å²) in [6.07, 6.45) is 4.96. The zero-order valence-corrected chi connectivity index (χ0v) is 13.3. The number of rotatable bonds is 3. The van der Waals surface area contributed by atoms with Crippen LogP contribution in [0, 0.1) is 5.92 Å². The van der Waals surface area contributed by atoms with Crippen molar-refractivity contribution in [3.63, 3.8) is 0 Å². The summed E-state index contributed by atoms with van der Waals surface area (Å²) >= 11 is 0.